The Morgan fingerprint density at radius 2 is 2.21 bits per heavy atom. The maximum atomic E-state index is 3.52. The summed E-state index contributed by atoms with van der Waals surface area (Å²) >= 11 is 0. The summed E-state index contributed by atoms with van der Waals surface area (Å²) in [4.78, 5) is 2.77. The second-order valence-corrected chi connectivity index (χ2v) is 5.22. The van der Waals surface area contributed by atoms with Crippen molar-refractivity contribution >= 4 is 0 Å². The molecule has 2 rings (SSSR count). The zero-order valence-corrected chi connectivity index (χ0v) is 9.79. The van der Waals surface area contributed by atoms with Gasteiger partial charge in [-0.3, -0.25) is 4.90 Å². The van der Waals surface area contributed by atoms with Gasteiger partial charge in [-0.1, -0.05) is 27.2 Å². The summed E-state index contributed by atoms with van der Waals surface area (Å²) in [6.45, 7) is 10.7. The van der Waals surface area contributed by atoms with E-state index in [1.165, 1.54) is 32.5 Å². The number of nitrogens with one attached hydrogen (secondary N) is 1. The Morgan fingerprint density at radius 1 is 1.43 bits per heavy atom. The highest BCUT2D eigenvalue weighted by Gasteiger charge is 2.43. The summed E-state index contributed by atoms with van der Waals surface area (Å²) < 4.78 is 0. The van der Waals surface area contributed by atoms with Gasteiger partial charge in [0.05, 0.1) is 0 Å². The van der Waals surface area contributed by atoms with Gasteiger partial charge in [0.15, 0.2) is 0 Å². The van der Waals surface area contributed by atoms with E-state index in [2.05, 4.69) is 31.0 Å². The fraction of sp³-hybridized carbons (Fsp3) is 1.00. The van der Waals surface area contributed by atoms with Crippen LogP contribution in [0.15, 0.2) is 0 Å². The molecule has 1 saturated heterocycles. The molecule has 1 N–H and O–H groups in total. The maximum Gasteiger partial charge on any atom is 0.0247 e. The molecule has 0 radical (unpaired) electrons. The van der Waals surface area contributed by atoms with Gasteiger partial charge in [-0.2, -0.15) is 0 Å². The van der Waals surface area contributed by atoms with Crippen molar-refractivity contribution in [2.45, 2.75) is 45.7 Å². The zero-order valence-electron chi connectivity index (χ0n) is 9.79. The minimum absolute atomic E-state index is 0.783. The maximum absolute atomic E-state index is 3.52. The lowest BCUT2D eigenvalue weighted by atomic mass is 10.00. The topological polar surface area (TPSA) is 15.3 Å². The van der Waals surface area contributed by atoms with Crippen LogP contribution in [0.1, 0.15) is 33.6 Å². The molecule has 2 aliphatic rings. The molecule has 2 fully saturated rings. The summed E-state index contributed by atoms with van der Waals surface area (Å²) in [5, 5.41) is 3.52. The van der Waals surface area contributed by atoms with Crippen LogP contribution in [-0.2, 0) is 0 Å². The fourth-order valence-electron chi connectivity index (χ4n) is 2.85. The molecular formula is C12H24N2. The number of hydrogen-bond donors (Lipinski definition) is 1. The lowest BCUT2D eigenvalue weighted by Gasteiger charge is -2.39. The van der Waals surface area contributed by atoms with Gasteiger partial charge in [-0.15, -0.1) is 0 Å². The first kappa shape index (κ1) is 10.4. The van der Waals surface area contributed by atoms with Crippen molar-refractivity contribution in [2.24, 2.45) is 11.8 Å². The Kier molecular flexibility index (Phi) is 3.13. The highest BCUT2D eigenvalue weighted by Crippen LogP contribution is 2.40. The van der Waals surface area contributed by atoms with Gasteiger partial charge in [-0.25, -0.2) is 0 Å². The Labute approximate surface area is 88.1 Å². The van der Waals surface area contributed by atoms with E-state index in [0.29, 0.717) is 0 Å². The minimum atomic E-state index is 0.783. The molecule has 0 spiro atoms. The molecule has 3 unspecified atom stereocenters. The third-order valence-corrected chi connectivity index (χ3v) is 3.93. The predicted octanol–water partition coefficient (Wildman–Crippen LogP) is 1.71. The number of rotatable bonds is 3. The monoisotopic (exact) mass is 196 g/mol. The van der Waals surface area contributed by atoms with Crippen molar-refractivity contribution in [3.63, 3.8) is 0 Å². The molecule has 2 nitrogen and oxygen atoms in total. The third kappa shape index (κ3) is 1.96. The summed E-state index contributed by atoms with van der Waals surface area (Å²) in [5.74, 6) is 1.80. The van der Waals surface area contributed by atoms with Crippen LogP contribution in [-0.4, -0.2) is 36.6 Å². The van der Waals surface area contributed by atoms with Crippen LogP contribution in [0.4, 0.5) is 0 Å². The smallest absolute Gasteiger partial charge is 0.0247 e. The van der Waals surface area contributed by atoms with Crippen LogP contribution < -0.4 is 5.32 Å². The molecule has 0 aromatic carbocycles. The van der Waals surface area contributed by atoms with Crippen molar-refractivity contribution in [3.05, 3.63) is 0 Å². The molecule has 82 valence electrons. The van der Waals surface area contributed by atoms with Gasteiger partial charge >= 0.3 is 0 Å². The van der Waals surface area contributed by atoms with Gasteiger partial charge < -0.3 is 5.32 Å². The van der Waals surface area contributed by atoms with Crippen LogP contribution >= 0.6 is 0 Å². The predicted molar refractivity (Wildman–Crippen MR) is 60.4 cm³/mol. The van der Waals surface area contributed by atoms with Crippen LogP contribution in [0, 0.1) is 11.8 Å². The van der Waals surface area contributed by atoms with Gasteiger partial charge in [0.25, 0.3) is 0 Å². The van der Waals surface area contributed by atoms with E-state index in [0.717, 1.165) is 23.9 Å². The summed E-state index contributed by atoms with van der Waals surface area (Å²) in [6.07, 6.45) is 2.83. The van der Waals surface area contributed by atoms with Crippen LogP contribution in [0.3, 0.4) is 0 Å². The molecule has 1 aliphatic heterocycles. The molecule has 1 saturated carbocycles. The van der Waals surface area contributed by atoms with Crippen molar-refractivity contribution in [3.8, 4) is 0 Å². The second kappa shape index (κ2) is 4.19. The SMILES string of the molecule is CCC1CC1N1CCNCC1C(C)C. The highest BCUT2D eigenvalue weighted by atomic mass is 15.3. The molecule has 2 heteroatoms. The van der Waals surface area contributed by atoms with E-state index in [4.69, 9.17) is 0 Å². The Morgan fingerprint density at radius 3 is 2.79 bits per heavy atom. The van der Waals surface area contributed by atoms with E-state index < -0.39 is 0 Å². The molecule has 0 bridgehead atoms. The lowest BCUT2D eigenvalue weighted by molar-refractivity contribution is 0.110. The van der Waals surface area contributed by atoms with E-state index in [9.17, 15) is 0 Å². The van der Waals surface area contributed by atoms with Crippen LogP contribution in [0.5, 0.6) is 0 Å². The fourth-order valence-corrected chi connectivity index (χ4v) is 2.85. The number of hydrogen-bond acceptors (Lipinski definition) is 2. The minimum Gasteiger partial charge on any atom is -0.314 e. The van der Waals surface area contributed by atoms with Gasteiger partial charge in [-0.05, 0) is 18.3 Å². The standard InChI is InChI=1S/C12H24N2/c1-4-10-7-11(10)14-6-5-13-8-12(14)9(2)3/h9-13H,4-8H2,1-3H3. The average Bonchev–Trinajstić information content (AvgIpc) is 2.96. The van der Waals surface area contributed by atoms with E-state index in [1.807, 2.05) is 0 Å². The van der Waals surface area contributed by atoms with Crippen LogP contribution in [0.2, 0.25) is 0 Å². The molecule has 1 heterocycles. The molecule has 0 aromatic heterocycles. The van der Waals surface area contributed by atoms with E-state index >= 15 is 0 Å². The highest BCUT2D eigenvalue weighted by molar-refractivity contribution is 4.99. The molecule has 14 heavy (non-hydrogen) atoms. The Bertz CT molecular complexity index is 191. The number of piperazine rings is 1. The Hall–Kier alpha value is -0.0800. The number of nitrogens with zero attached hydrogens (tertiary/aromatic N) is 1. The van der Waals surface area contributed by atoms with Gasteiger partial charge in [0.2, 0.25) is 0 Å². The summed E-state index contributed by atoms with van der Waals surface area (Å²) in [6, 6.07) is 1.71. The second-order valence-electron chi connectivity index (χ2n) is 5.22. The van der Waals surface area contributed by atoms with Gasteiger partial charge in [0.1, 0.15) is 0 Å². The molecular weight excluding hydrogens is 172 g/mol. The van der Waals surface area contributed by atoms with Crippen molar-refractivity contribution < 1.29 is 0 Å². The molecule has 1 aliphatic carbocycles. The van der Waals surface area contributed by atoms with E-state index in [1.54, 1.807) is 0 Å². The van der Waals surface area contributed by atoms with Crippen molar-refractivity contribution in [2.75, 3.05) is 19.6 Å². The average molecular weight is 196 g/mol. The third-order valence-electron chi connectivity index (χ3n) is 3.93. The first-order valence-electron chi connectivity index (χ1n) is 6.20. The molecule has 0 amide bonds. The van der Waals surface area contributed by atoms with Gasteiger partial charge in [0, 0.05) is 31.7 Å². The normalized spacial score (nSPS) is 39.0. The first-order valence-corrected chi connectivity index (χ1v) is 6.20. The van der Waals surface area contributed by atoms with Crippen LogP contribution in [0.25, 0.3) is 0 Å². The summed E-state index contributed by atoms with van der Waals surface area (Å²) in [5.41, 5.74) is 0. The first-order chi connectivity index (χ1) is 6.74. The summed E-state index contributed by atoms with van der Waals surface area (Å²) in [7, 11) is 0. The quantitative estimate of drug-likeness (QED) is 0.739. The molecule has 0 aromatic rings. The zero-order chi connectivity index (χ0) is 10.1. The lowest BCUT2D eigenvalue weighted by Crippen LogP contribution is -2.54. The van der Waals surface area contributed by atoms with Crippen molar-refractivity contribution in [1.82, 2.24) is 10.2 Å². The molecule has 3 atom stereocenters. The Balaban J connectivity index is 1.94. The largest absolute Gasteiger partial charge is 0.314 e. The van der Waals surface area contributed by atoms with Crippen molar-refractivity contribution in [1.29, 1.82) is 0 Å². The van der Waals surface area contributed by atoms with E-state index in [-0.39, 0.29) is 0 Å².